The van der Waals surface area contributed by atoms with Crippen LogP contribution in [0.4, 0.5) is 0 Å². The molecule has 4 rings (SSSR count). The van der Waals surface area contributed by atoms with E-state index in [0.717, 1.165) is 18.7 Å². The van der Waals surface area contributed by atoms with Gasteiger partial charge in [-0.3, -0.25) is 24.2 Å². The van der Waals surface area contributed by atoms with Gasteiger partial charge in [0.15, 0.2) is 11.4 Å². The molecular formula is C32H45N3O8. The monoisotopic (exact) mass is 599 g/mol. The predicted octanol–water partition coefficient (Wildman–Crippen LogP) is 2.88. The summed E-state index contributed by atoms with van der Waals surface area (Å²) in [5.74, 6) is -4.65. The number of hydrogen-bond acceptors (Lipinski definition) is 10. The van der Waals surface area contributed by atoms with Gasteiger partial charge >= 0.3 is 0 Å². The maximum Gasteiger partial charge on any atom is 0.255 e. The molecule has 0 bridgehead atoms. The first-order valence-electron chi connectivity index (χ1n) is 14.9. The molecular weight excluding hydrogens is 554 g/mol. The fourth-order valence-corrected chi connectivity index (χ4v) is 7.24. The quantitative estimate of drug-likeness (QED) is 0.294. The molecule has 1 aromatic carbocycles. The number of phenolic OH excluding ortho intramolecular Hbond substituents is 1. The van der Waals surface area contributed by atoms with E-state index in [2.05, 4.69) is 25.7 Å². The first-order chi connectivity index (χ1) is 20.1. The number of ketones is 2. The maximum atomic E-state index is 14.4. The molecule has 11 heteroatoms. The summed E-state index contributed by atoms with van der Waals surface area (Å²) in [6.45, 7) is 12.3. The molecule has 1 aromatic rings. The van der Waals surface area contributed by atoms with Crippen molar-refractivity contribution in [3.63, 3.8) is 0 Å². The Morgan fingerprint density at radius 3 is 2.33 bits per heavy atom. The minimum absolute atomic E-state index is 0.0404. The third-order valence-corrected chi connectivity index (χ3v) is 8.86. The summed E-state index contributed by atoms with van der Waals surface area (Å²) < 4.78 is 12.1. The van der Waals surface area contributed by atoms with E-state index in [1.54, 1.807) is 25.1 Å². The Morgan fingerprint density at radius 2 is 1.81 bits per heavy atom. The van der Waals surface area contributed by atoms with E-state index in [1.807, 2.05) is 13.8 Å². The lowest BCUT2D eigenvalue weighted by atomic mass is 9.57. The lowest BCUT2D eigenvalue weighted by molar-refractivity contribution is -0.159. The number of methoxy groups -OCH3 is 1. The fraction of sp³-hybridized carbons (Fsp3) is 0.594. The normalized spacial score (nSPS) is 25.5. The summed E-state index contributed by atoms with van der Waals surface area (Å²) in [7, 11) is 4.50. The predicted molar refractivity (Wildman–Crippen MR) is 161 cm³/mol. The molecule has 0 spiro atoms. The van der Waals surface area contributed by atoms with Crippen LogP contribution in [0.5, 0.6) is 11.5 Å². The zero-order chi connectivity index (χ0) is 32.1. The Morgan fingerprint density at radius 1 is 1.16 bits per heavy atom. The number of fused-ring (bicyclic) bond motifs is 3. The van der Waals surface area contributed by atoms with Crippen LogP contribution in [0.2, 0.25) is 0 Å². The van der Waals surface area contributed by atoms with Gasteiger partial charge in [0.25, 0.3) is 5.91 Å². The summed E-state index contributed by atoms with van der Waals surface area (Å²) in [6, 6.07) is 0.565. The zero-order valence-corrected chi connectivity index (χ0v) is 26.4. The van der Waals surface area contributed by atoms with Crippen molar-refractivity contribution in [2.45, 2.75) is 71.8 Å². The second kappa shape index (κ2) is 11.9. The smallest absolute Gasteiger partial charge is 0.255 e. The van der Waals surface area contributed by atoms with Crippen molar-refractivity contribution in [1.82, 2.24) is 9.80 Å². The van der Waals surface area contributed by atoms with Gasteiger partial charge in [0.05, 0.1) is 17.7 Å². The number of carbonyl (C=O) groups excluding carboxylic acids is 3. The second-order valence-electron chi connectivity index (χ2n) is 12.8. The molecule has 43 heavy (non-hydrogen) atoms. The number of ether oxygens (including phenoxy) is 2. The number of primary amides is 1. The number of phenols is 1. The molecule has 1 fully saturated rings. The first kappa shape index (κ1) is 32.5. The number of aliphatic hydroxyl groups excluding tert-OH is 2. The van der Waals surface area contributed by atoms with Crippen LogP contribution in [0.15, 0.2) is 23.0 Å². The van der Waals surface area contributed by atoms with Crippen molar-refractivity contribution in [1.29, 1.82) is 0 Å². The number of aliphatic hydroxyl groups is 2. The highest BCUT2D eigenvalue weighted by Crippen LogP contribution is 2.55. The Kier molecular flexibility index (Phi) is 9.02. The van der Waals surface area contributed by atoms with Gasteiger partial charge in [-0.15, -0.1) is 0 Å². The number of nitrogens with two attached hydrogens (primary N) is 1. The number of nitrogens with zero attached hydrogens (tertiary/aromatic N) is 2. The Hall–Kier alpha value is -3.41. The van der Waals surface area contributed by atoms with Crippen LogP contribution in [-0.4, -0.2) is 94.6 Å². The highest BCUT2D eigenvalue weighted by molar-refractivity contribution is 6.24. The molecule has 236 valence electrons. The maximum absolute atomic E-state index is 14.4. The van der Waals surface area contributed by atoms with Crippen LogP contribution < -0.4 is 10.5 Å². The zero-order valence-electron chi connectivity index (χ0n) is 26.4. The number of likely N-dealkylation sites (N-methyl/N-ethyl adjacent to an activating group) is 1. The van der Waals surface area contributed by atoms with Crippen molar-refractivity contribution in [3.05, 3.63) is 39.7 Å². The van der Waals surface area contributed by atoms with Crippen molar-refractivity contribution < 1.29 is 39.2 Å². The number of benzene rings is 1. The lowest BCUT2D eigenvalue weighted by Gasteiger charge is -2.52. The van der Waals surface area contributed by atoms with Crippen LogP contribution in [0, 0.1) is 17.8 Å². The fourth-order valence-electron chi connectivity index (χ4n) is 7.24. The van der Waals surface area contributed by atoms with Gasteiger partial charge in [0.2, 0.25) is 5.78 Å². The molecule has 0 aliphatic heterocycles. The Balaban J connectivity index is 1.96. The molecule has 0 radical (unpaired) electrons. The van der Waals surface area contributed by atoms with E-state index in [0.29, 0.717) is 23.8 Å². The molecule has 0 aromatic heterocycles. The highest BCUT2D eigenvalue weighted by atomic mass is 16.5. The van der Waals surface area contributed by atoms with Crippen LogP contribution in [0.25, 0.3) is 5.76 Å². The van der Waals surface area contributed by atoms with E-state index in [-0.39, 0.29) is 35.8 Å². The molecule has 0 unspecified atom stereocenters. The van der Waals surface area contributed by atoms with E-state index < -0.39 is 58.0 Å². The standard InChI is InChI=1S/C32H45N3O8/c1-9-35(13-15(2)3)14-18-12-21(36)23-19(28(18)43-16(4)5)10-17-11-20-25(34(6)7)27(38)24(31(33)41)30(40)32(20,42-8)29(39)22(17)26(23)37/h12,15-17,20,25,36-37,40H,9-11,13-14H2,1-8H3,(H2,33,41)/t17-,20-,25-,32-/m0/s1. The van der Waals surface area contributed by atoms with E-state index in [4.69, 9.17) is 15.2 Å². The number of hydrogen-bond donors (Lipinski definition) is 4. The summed E-state index contributed by atoms with van der Waals surface area (Å²) >= 11 is 0. The van der Waals surface area contributed by atoms with Gasteiger partial charge < -0.3 is 30.5 Å². The number of carbonyl (C=O) groups is 3. The molecule has 5 N–H and O–H groups in total. The number of rotatable bonds is 10. The molecule has 11 nitrogen and oxygen atoms in total. The van der Waals surface area contributed by atoms with Crippen molar-refractivity contribution in [3.8, 4) is 11.5 Å². The van der Waals surface area contributed by atoms with Crippen LogP contribution >= 0.6 is 0 Å². The third kappa shape index (κ3) is 5.21. The molecule has 1 amide bonds. The molecule has 3 aliphatic rings. The highest BCUT2D eigenvalue weighted by Gasteiger charge is 2.65. The largest absolute Gasteiger partial charge is 0.508 e. The summed E-state index contributed by atoms with van der Waals surface area (Å²) in [5, 5.41) is 34.3. The van der Waals surface area contributed by atoms with E-state index in [1.165, 1.54) is 7.11 Å². The van der Waals surface area contributed by atoms with Crippen molar-refractivity contribution in [2.75, 3.05) is 34.3 Å². The average Bonchev–Trinajstić information content (AvgIpc) is 2.89. The Labute approximate surface area is 252 Å². The van der Waals surface area contributed by atoms with E-state index >= 15 is 0 Å². The van der Waals surface area contributed by atoms with Gasteiger partial charge in [-0.1, -0.05) is 20.8 Å². The molecule has 0 saturated heterocycles. The van der Waals surface area contributed by atoms with E-state index in [9.17, 15) is 29.7 Å². The minimum atomic E-state index is -2.13. The number of Topliss-reactive ketones (excluding diaryl/α,β-unsaturated/α-hetero) is 2. The minimum Gasteiger partial charge on any atom is -0.508 e. The Bertz CT molecular complexity index is 1400. The first-order valence-corrected chi connectivity index (χ1v) is 14.9. The number of aromatic hydroxyl groups is 1. The summed E-state index contributed by atoms with van der Waals surface area (Å²) in [5.41, 5.74) is 4.07. The van der Waals surface area contributed by atoms with Crippen LogP contribution in [0.1, 0.15) is 57.7 Å². The molecule has 3 aliphatic carbocycles. The van der Waals surface area contributed by atoms with Gasteiger partial charge in [0.1, 0.15) is 28.6 Å². The molecule has 0 heterocycles. The lowest BCUT2D eigenvalue weighted by Crippen LogP contribution is -2.66. The SMILES string of the molecule is CCN(Cc1cc(O)c2c(c1OC(C)C)C[C@H]1C[C@H]3[C@H](N(C)C)C(=O)C(C(N)=O)=C(O)[C@@]3(OC)C(=O)C1=C2O)CC(C)C. The van der Waals surface area contributed by atoms with Gasteiger partial charge in [-0.05, 0) is 65.2 Å². The topological polar surface area (TPSA) is 163 Å². The second-order valence-corrected chi connectivity index (χ2v) is 12.8. The average molecular weight is 600 g/mol. The van der Waals surface area contributed by atoms with Gasteiger partial charge in [0, 0.05) is 42.8 Å². The summed E-state index contributed by atoms with van der Waals surface area (Å²) in [4.78, 5) is 44.1. The molecule has 4 atom stereocenters. The number of amides is 1. The van der Waals surface area contributed by atoms with Crippen LogP contribution in [0.3, 0.4) is 0 Å². The van der Waals surface area contributed by atoms with Crippen LogP contribution in [-0.2, 0) is 32.1 Å². The van der Waals surface area contributed by atoms with Gasteiger partial charge in [-0.2, -0.15) is 0 Å². The third-order valence-electron chi connectivity index (χ3n) is 8.86. The van der Waals surface area contributed by atoms with Crippen molar-refractivity contribution >= 4 is 23.2 Å². The molecule has 1 saturated carbocycles. The summed E-state index contributed by atoms with van der Waals surface area (Å²) in [6.07, 6.45) is 0.180. The van der Waals surface area contributed by atoms with Crippen molar-refractivity contribution in [2.24, 2.45) is 23.5 Å². The van der Waals surface area contributed by atoms with Gasteiger partial charge in [-0.25, -0.2) is 0 Å².